The topological polar surface area (TPSA) is 86.8 Å². The summed E-state index contributed by atoms with van der Waals surface area (Å²) < 4.78 is 27.8. The van der Waals surface area contributed by atoms with Gasteiger partial charge < -0.3 is 10.2 Å². The summed E-state index contributed by atoms with van der Waals surface area (Å²) in [6.07, 6.45) is 0.104. The van der Waals surface area contributed by atoms with E-state index in [0.717, 1.165) is 5.56 Å². The first kappa shape index (κ1) is 20.1. The molecule has 0 radical (unpaired) electrons. The number of piperazine rings is 1. The summed E-state index contributed by atoms with van der Waals surface area (Å²) in [5.74, 6) is -0.849. The molecule has 2 amide bonds. The van der Waals surface area contributed by atoms with Gasteiger partial charge in [0.15, 0.2) is 0 Å². The van der Waals surface area contributed by atoms with E-state index in [-0.39, 0.29) is 36.2 Å². The lowest BCUT2D eigenvalue weighted by Gasteiger charge is -2.36. The SMILES string of the molecule is O=C1CC(C(=O)N2CCN(S(=O)(=O)c3cccc(Br)c3)CC2)c2ccccc2N1. The second-order valence-corrected chi connectivity index (χ2v) is 9.93. The number of nitrogens with zero attached hydrogens (tertiary/aromatic N) is 2. The van der Waals surface area contributed by atoms with Gasteiger partial charge in [-0.1, -0.05) is 40.2 Å². The first-order chi connectivity index (χ1) is 13.9. The molecular formula is C20H20BrN3O4S. The van der Waals surface area contributed by atoms with Crippen LogP contribution in [0.15, 0.2) is 57.9 Å². The Balaban J connectivity index is 1.48. The van der Waals surface area contributed by atoms with Crippen LogP contribution in [-0.2, 0) is 19.6 Å². The summed E-state index contributed by atoms with van der Waals surface area (Å²) >= 11 is 3.30. The van der Waals surface area contributed by atoms with E-state index in [1.165, 1.54) is 4.31 Å². The Hall–Kier alpha value is -2.23. The maximum absolute atomic E-state index is 13.1. The number of hydrogen-bond donors (Lipinski definition) is 1. The number of anilines is 1. The molecule has 29 heavy (non-hydrogen) atoms. The molecule has 2 aliphatic heterocycles. The molecule has 2 heterocycles. The number of sulfonamides is 1. The number of carbonyl (C=O) groups excluding carboxylic acids is 2. The minimum atomic E-state index is -3.61. The van der Waals surface area contributed by atoms with Crippen LogP contribution >= 0.6 is 15.9 Å². The van der Waals surface area contributed by atoms with Crippen molar-refractivity contribution in [3.63, 3.8) is 0 Å². The summed E-state index contributed by atoms with van der Waals surface area (Å²) in [6, 6.07) is 13.9. The number of nitrogens with one attached hydrogen (secondary N) is 1. The van der Waals surface area contributed by atoms with Crippen LogP contribution < -0.4 is 5.32 Å². The number of carbonyl (C=O) groups is 2. The highest BCUT2D eigenvalue weighted by molar-refractivity contribution is 9.10. The van der Waals surface area contributed by atoms with Crippen molar-refractivity contribution >= 4 is 43.5 Å². The van der Waals surface area contributed by atoms with Gasteiger partial charge in [0, 0.05) is 42.8 Å². The normalized spacial score (nSPS) is 20.1. The van der Waals surface area contributed by atoms with Gasteiger partial charge in [0.05, 0.1) is 10.8 Å². The van der Waals surface area contributed by atoms with E-state index in [2.05, 4.69) is 21.2 Å². The van der Waals surface area contributed by atoms with E-state index in [1.807, 2.05) is 18.2 Å². The Labute approximate surface area is 177 Å². The molecule has 7 nitrogen and oxygen atoms in total. The van der Waals surface area contributed by atoms with Crippen molar-refractivity contribution in [2.45, 2.75) is 17.2 Å². The van der Waals surface area contributed by atoms with Gasteiger partial charge in [-0.15, -0.1) is 0 Å². The van der Waals surface area contributed by atoms with E-state index in [1.54, 1.807) is 35.2 Å². The van der Waals surface area contributed by atoms with Gasteiger partial charge in [0.1, 0.15) is 0 Å². The number of benzene rings is 2. The third-order valence-corrected chi connectivity index (χ3v) is 7.67. The van der Waals surface area contributed by atoms with Gasteiger partial charge >= 0.3 is 0 Å². The molecule has 1 fully saturated rings. The Morgan fingerprint density at radius 1 is 1.03 bits per heavy atom. The van der Waals surface area contributed by atoms with Crippen LogP contribution in [0.3, 0.4) is 0 Å². The fourth-order valence-electron chi connectivity index (χ4n) is 3.78. The number of fused-ring (bicyclic) bond motifs is 1. The molecular weight excluding hydrogens is 458 g/mol. The summed E-state index contributed by atoms with van der Waals surface area (Å²) in [6.45, 7) is 1.04. The lowest BCUT2D eigenvalue weighted by Crippen LogP contribution is -2.52. The molecule has 1 unspecified atom stereocenters. The molecule has 2 aromatic carbocycles. The van der Waals surface area contributed by atoms with Crippen LogP contribution in [0.2, 0.25) is 0 Å². The quantitative estimate of drug-likeness (QED) is 0.734. The summed E-state index contributed by atoms with van der Waals surface area (Å²) in [5.41, 5.74) is 1.47. The zero-order valence-corrected chi connectivity index (χ0v) is 17.9. The van der Waals surface area contributed by atoms with Crippen LogP contribution in [0.4, 0.5) is 5.69 Å². The van der Waals surface area contributed by atoms with Crippen molar-refractivity contribution in [3.8, 4) is 0 Å². The van der Waals surface area contributed by atoms with Crippen molar-refractivity contribution in [1.29, 1.82) is 0 Å². The Bertz CT molecular complexity index is 1060. The van der Waals surface area contributed by atoms with E-state index in [9.17, 15) is 18.0 Å². The molecule has 0 spiro atoms. The largest absolute Gasteiger partial charge is 0.340 e. The second kappa shape index (κ2) is 7.89. The summed E-state index contributed by atoms with van der Waals surface area (Å²) in [5, 5.41) is 2.80. The first-order valence-electron chi connectivity index (χ1n) is 9.29. The molecule has 152 valence electrons. The molecule has 9 heteroatoms. The standard InChI is InChI=1S/C20H20BrN3O4S/c21-14-4-3-5-15(12-14)29(27,28)24-10-8-23(9-11-24)20(26)17-13-19(25)22-18-7-2-1-6-16(17)18/h1-7,12,17H,8-11,13H2,(H,22,25). The van der Waals surface area contributed by atoms with Crippen molar-refractivity contribution < 1.29 is 18.0 Å². The third-order valence-electron chi connectivity index (χ3n) is 5.28. The highest BCUT2D eigenvalue weighted by Crippen LogP contribution is 2.33. The number of halogens is 1. The van der Waals surface area contributed by atoms with Crippen LogP contribution in [0, 0.1) is 0 Å². The Kier molecular flexibility index (Phi) is 5.46. The average molecular weight is 478 g/mol. The Morgan fingerprint density at radius 3 is 2.48 bits per heavy atom. The summed E-state index contributed by atoms with van der Waals surface area (Å²) in [7, 11) is -3.61. The molecule has 0 bridgehead atoms. The fraction of sp³-hybridized carbons (Fsp3) is 0.300. The zero-order valence-electron chi connectivity index (χ0n) is 15.5. The van der Waals surface area contributed by atoms with Crippen LogP contribution in [0.25, 0.3) is 0 Å². The van der Waals surface area contributed by atoms with E-state index < -0.39 is 15.9 Å². The van der Waals surface area contributed by atoms with Gasteiger partial charge in [0.25, 0.3) is 0 Å². The van der Waals surface area contributed by atoms with Gasteiger partial charge in [0.2, 0.25) is 21.8 Å². The van der Waals surface area contributed by atoms with Crippen LogP contribution in [-0.4, -0.2) is 55.6 Å². The third kappa shape index (κ3) is 3.94. The molecule has 1 atom stereocenters. The van der Waals surface area contributed by atoms with Crippen molar-refractivity contribution in [3.05, 3.63) is 58.6 Å². The van der Waals surface area contributed by atoms with Gasteiger partial charge in [-0.3, -0.25) is 9.59 Å². The zero-order chi connectivity index (χ0) is 20.6. The lowest BCUT2D eigenvalue weighted by molar-refractivity contribution is -0.136. The maximum atomic E-state index is 13.1. The van der Waals surface area contributed by atoms with Gasteiger partial charge in [-0.2, -0.15) is 4.31 Å². The molecule has 0 saturated carbocycles. The number of rotatable bonds is 3. The number of hydrogen-bond acceptors (Lipinski definition) is 4. The lowest BCUT2D eigenvalue weighted by atomic mass is 9.89. The average Bonchev–Trinajstić information content (AvgIpc) is 2.72. The minimum absolute atomic E-state index is 0.104. The molecule has 1 N–H and O–H groups in total. The highest BCUT2D eigenvalue weighted by atomic mass is 79.9. The van der Waals surface area contributed by atoms with Crippen LogP contribution in [0.1, 0.15) is 17.9 Å². The number of amides is 2. The second-order valence-electron chi connectivity index (χ2n) is 7.08. The molecule has 2 aliphatic rings. The predicted octanol–water partition coefficient (Wildman–Crippen LogP) is 2.41. The van der Waals surface area contributed by atoms with Crippen molar-refractivity contribution in [2.24, 2.45) is 0 Å². The van der Waals surface area contributed by atoms with Gasteiger partial charge in [-0.25, -0.2) is 8.42 Å². The molecule has 0 aliphatic carbocycles. The monoisotopic (exact) mass is 477 g/mol. The van der Waals surface area contributed by atoms with Crippen LogP contribution in [0.5, 0.6) is 0 Å². The van der Waals surface area contributed by atoms with E-state index in [0.29, 0.717) is 23.2 Å². The summed E-state index contributed by atoms with van der Waals surface area (Å²) in [4.78, 5) is 27.0. The predicted molar refractivity (Wildman–Crippen MR) is 112 cm³/mol. The first-order valence-corrected chi connectivity index (χ1v) is 11.5. The molecule has 0 aromatic heterocycles. The maximum Gasteiger partial charge on any atom is 0.243 e. The fourth-order valence-corrected chi connectivity index (χ4v) is 5.80. The van der Waals surface area contributed by atoms with Gasteiger partial charge in [-0.05, 0) is 29.8 Å². The minimum Gasteiger partial charge on any atom is -0.340 e. The van der Waals surface area contributed by atoms with E-state index >= 15 is 0 Å². The van der Waals surface area contributed by atoms with Crippen molar-refractivity contribution in [1.82, 2.24) is 9.21 Å². The van der Waals surface area contributed by atoms with E-state index in [4.69, 9.17) is 0 Å². The Morgan fingerprint density at radius 2 is 1.76 bits per heavy atom. The smallest absolute Gasteiger partial charge is 0.243 e. The molecule has 1 saturated heterocycles. The van der Waals surface area contributed by atoms with Crippen molar-refractivity contribution in [2.75, 3.05) is 31.5 Å². The molecule has 4 rings (SSSR count). The molecule has 2 aromatic rings. The highest BCUT2D eigenvalue weighted by Gasteiger charge is 2.36. The number of para-hydroxylation sites is 1.